The number of amides is 3. The quantitative estimate of drug-likeness (QED) is 0.665. The van der Waals surface area contributed by atoms with Gasteiger partial charge in [-0.15, -0.1) is 0 Å². The summed E-state index contributed by atoms with van der Waals surface area (Å²) in [4.78, 5) is 28.2. The highest BCUT2D eigenvalue weighted by Gasteiger charge is 2.27. The van der Waals surface area contributed by atoms with Gasteiger partial charge in [0.25, 0.3) is 5.91 Å². The predicted molar refractivity (Wildman–Crippen MR) is 107 cm³/mol. The van der Waals surface area contributed by atoms with E-state index in [-0.39, 0.29) is 23.9 Å². The van der Waals surface area contributed by atoms with Crippen LogP contribution in [0, 0.1) is 11.6 Å². The van der Waals surface area contributed by atoms with E-state index in [2.05, 4.69) is 5.32 Å². The number of hydrogen-bond acceptors (Lipinski definition) is 3. The maximum absolute atomic E-state index is 14.0. The van der Waals surface area contributed by atoms with Gasteiger partial charge in [-0.1, -0.05) is 6.07 Å². The molecule has 6 nitrogen and oxygen atoms in total. The molecule has 1 aromatic heterocycles. The maximum Gasteiger partial charge on any atom is 0.324 e. The largest absolute Gasteiger partial charge is 0.459 e. The molecule has 1 aliphatic rings. The van der Waals surface area contributed by atoms with Crippen LogP contribution in [-0.2, 0) is 6.54 Å². The second kappa shape index (κ2) is 8.36. The van der Waals surface area contributed by atoms with E-state index in [1.54, 1.807) is 41.3 Å². The molecule has 0 saturated carbocycles. The molecule has 3 aromatic rings. The minimum atomic E-state index is -0.552. The second-order valence-corrected chi connectivity index (χ2v) is 6.93. The molecule has 4 rings (SSSR count). The molecule has 2 heterocycles. The van der Waals surface area contributed by atoms with Gasteiger partial charge in [-0.2, -0.15) is 0 Å². The summed E-state index contributed by atoms with van der Waals surface area (Å²) < 4.78 is 32.5. The number of anilines is 2. The van der Waals surface area contributed by atoms with Crippen molar-refractivity contribution in [2.45, 2.75) is 13.0 Å². The van der Waals surface area contributed by atoms with Crippen molar-refractivity contribution < 1.29 is 22.8 Å². The van der Waals surface area contributed by atoms with Crippen molar-refractivity contribution in [2.75, 3.05) is 23.3 Å². The fourth-order valence-electron chi connectivity index (χ4n) is 3.39. The van der Waals surface area contributed by atoms with E-state index < -0.39 is 17.5 Å². The molecule has 0 radical (unpaired) electrons. The number of urea groups is 1. The van der Waals surface area contributed by atoms with E-state index in [0.29, 0.717) is 30.9 Å². The molecule has 0 atom stereocenters. The number of carbonyl (C=O) groups excluding carboxylic acids is 2. The number of nitrogens with zero attached hydrogens (tertiary/aromatic N) is 2. The van der Waals surface area contributed by atoms with Gasteiger partial charge >= 0.3 is 6.03 Å². The molecule has 1 saturated heterocycles. The van der Waals surface area contributed by atoms with Crippen LogP contribution in [0.5, 0.6) is 0 Å². The van der Waals surface area contributed by atoms with Gasteiger partial charge in [0, 0.05) is 30.0 Å². The molecular formula is C22H19F2N3O3. The molecule has 154 valence electrons. The first-order valence-corrected chi connectivity index (χ1v) is 9.46. The minimum absolute atomic E-state index is 0.0200. The summed E-state index contributed by atoms with van der Waals surface area (Å²) in [7, 11) is 0. The van der Waals surface area contributed by atoms with Crippen LogP contribution >= 0.6 is 0 Å². The number of halogens is 2. The number of furan rings is 1. The highest BCUT2D eigenvalue weighted by atomic mass is 19.1. The molecular weight excluding hydrogens is 392 g/mol. The fourth-order valence-corrected chi connectivity index (χ4v) is 3.39. The average molecular weight is 411 g/mol. The lowest BCUT2D eigenvalue weighted by Gasteiger charge is -2.36. The van der Waals surface area contributed by atoms with E-state index in [4.69, 9.17) is 4.42 Å². The van der Waals surface area contributed by atoms with Crippen LogP contribution in [0.1, 0.15) is 22.5 Å². The van der Waals surface area contributed by atoms with Crippen molar-refractivity contribution in [1.29, 1.82) is 0 Å². The predicted octanol–water partition coefficient (Wildman–Crippen LogP) is 4.64. The Morgan fingerprint density at radius 1 is 1.07 bits per heavy atom. The fraction of sp³-hybridized carbons (Fsp3) is 0.182. The highest BCUT2D eigenvalue weighted by Crippen LogP contribution is 2.25. The van der Waals surface area contributed by atoms with Gasteiger partial charge in [-0.3, -0.25) is 9.69 Å². The van der Waals surface area contributed by atoms with Crippen molar-refractivity contribution in [3.8, 4) is 0 Å². The Morgan fingerprint density at radius 2 is 1.93 bits per heavy atom. The first-order valence-electron chi connectivity index (χ1n) is 9.46. The van der Waals surface area contributed by atoms with Crippen LogP contribution in [0.2, 0.25) is 0 Å². The van der Waals surface area contributed by atoms with Crippen molar-refractivity contribution in [1.82, 2.24) is 4.90 Å². The molecule has 30 heavy (non-hydrogen) atoms. The van der Waals surface area contributed by atoms with E-state index >= 15 is 0 Å². The normalized spacial score (nSPS) is 14.1. The molecule has 2 aromatic carbocycles. The number of carbonyl (C=O) groups is 2. The van der Waals surface area contributed by atoms with E-state index in [1.807, 2.05) is 0 Å². The van der Waals surface area contributed by atoms with Crippen LogP contribution in [-0.4, -0.2) is 29.9 Å². The lowest BCUT2D eigenvalue weighted by molar-refractivity contribution is 0.0996. The van der Waals surface area contributed by atoms with Crippen LogP contribution in [0.25, 0.3) is 0 Å². The molecule has 0 spiro atoms. The molecule has 0 unspecified atom stereocenters. The molecule has 1 aliphatic heterocycles. The summed E-state index contributed by atoms with van der Waals surface area (Å²) in [6.07, 6.45) is 2.08. The Bertz CT molecular complexity index is 1070. The first-order chi connectivity index (χ1) is 14.5. The zero-order valence-electron chi connectivity index (χ0n) is 16.0. The lowest BCUT2D eigenvalue weighted by Crippen LogP contribution is -2.49. The van der Waals surface area contributed by atoms with Crippen LogP contribution in [0.15, 0.2) is 65.3 Å². The van der Waals surface area contributed by atoms with Gasteiger partial charge in [0.1, 0.15) is 11.6 Å². The highest BCUT2D eigenvalue weighted by molar-refractivity contribution is 6.02. The van der Waals surface area contributed by atoms with Crippen LogP contribution in [0.3, 0.4) is 0 Å². The zero-order valence-corrected chi connectivity index (χ0v) is 16.0. The lowest BCUT2D eigenvalue weighted by atomic mass is 10.1. The smallest absolute Gasteiger partial charge is 0.324 e. The number of hydrogen-bond donors (Lipinski definition) is 1. The Balaban J connectivity index is 1.50. The number of nitrogens with one attached hydrogen (secondary N) is 1. The zero-order chi connectivity index (χ0) is 21.1. The molecule has 3 amide bonds. The Hall–Kier alpha value is -3.68. The summed E-state index contributed by atoms with van der Waals surface area (Å²) in [5, 5.41) is 2.73. The molecule has 1 fully saturated rings. The van der Waals surface area contributed by atoms with Gasteiger partial charge in [0.15, 0.2) is 5.76 Å². The van der Waals surface area contributed by atoms with Crippen molar-refractivity contribution in [3.05, 3.63) is 83.8 Å². The van der Waals surface area contributed by atoms with Gasteiger partial charge in [0.05, 0.1) is 12.8 Å². The number of benzene rings is 2. The van der Waals surface area contributed by atoms with E-state index in [9.17, 15) is 18.4 Å². The maximum atomic E-state index is 14.0. The third-order valence-corrected chi connectivity index (χ3v) is 4.84. The topological polar surface area (TPSA) is 65.8 Å². The van der Waals surface area contributed by atoms with Crippen molar-refractivity contribution in [2.24, 2.45) is 0 Å². The average Bonchev–Trinajstić information content (AvgIpc) is 3.27. The van der Waals surface area contributed by atoms with E-state index in [0.717, 1.165) is 18.2 Å². The standard InChI is InChI=1S/C22H19F2N3O3/c23-16-7-8-19(24)15(12-16)14-26-9-3-10-27(22(26)29)18-5-1-4-17(13-18)25-21(28)20-6-2-11-30-20/h1-2,4-8,11-13H,3,9-10,14H2,(H,25,28). The third kappa shape index (κ3) is 4.17. The van der Waals surface area contributed by atoms with Crippen LogP contribution < -0.4 is 10.2 Å². The van der Waals surface area contributed by atoms with Crippen molar-refractivity contribution in [3.63, 3.8) is 0 Å². The molecule has 0 bridgehead atoms. The molecule has 0 aliphatic carbocycles. The summed E-state index contributed by atoms with van der Waals surface area (Å²) in [6, 6.07) is 13.0. The Labute approximate surface area is 171 Å². The van der Waals surface area contributed by atoms with Gasteiger partial charge < -0.3 is 14.6 Å². The first kappa shape index (κ1) is 19.6. The summed E-state index contributed by atoms with van der Waals surface area (Å²) in [5.74, 6) is -1.32. The summed E-state index contributed by atoms with van der Waals surface area (Å²) in [6.45, 7) is 0.907. The molecule has 1 N–H and O–H groups in total. The van der Waals surface area contributed by atoms with Gasteiger partial charge in [-0.25, -0.2) is 13.6 Å². The monoisotopic (exact) mass is 411 g/mol. The SMILES string of the molecule is O=C(Nc1cccc(N2CCCN(Cc3cc(F)ccc3F)C2=O)c1)c1ccco1. The number of rotatable bonds is 5. The Kier molecular flexibility index (Phi) is 5.47. The second-order valence-electron chi connectivity index (χ2n) is 6.93. The molecule has 8 heteroatoms. The third-order valence-electron chi connectivity index (χ3n) is 4.84. The van der Waals surface area contributed by atoms with Gasteiger partial charge in [-0.05, 0) is 55.0 Å². The van der Waals surface area contributed by atoms with E-state index in [1.165, 1.54) is 11.2 Å². The summed E-state index contributed by atoms with van der Waals surface area (Å²) >= 11 is 0. The van der Waals surface area contributed by atoms with Gasteiger partial charge in [0.2, 0.25) is 0 Å². The van der Waals surface area contributed by atoms with Crippen LogP contribution in [0.4, 0.5) is 25.0 Å². The minimum Gasteiger partial charge on any atom is -0.459 e. The van der Waals surface area contributed by atoms with Crippen molar-refractivity contribution >= 4 is 23.3 Å². The Morgan fingerprint density at radius 3 is 2.73 bits per heavy atom. The summed E-state index contributed by atoms with van der Waals surface area (Å²) in [5.41, 5.74) is 1.24.